The quantitative estimate of drug-likeness (QED) is 0.922. The van der Waals surface area contributed by atoms with Crippen LogP contribution in [0.1, 0.15) is 36.3 Å². The van der Waals surface area contributed by atoms with Crippen molar-refractivity contribution in [3.05, 3.63) is 34.8 Å². The van der Waals surface area contributed by atoms with Crippen molar-refractivity contribution in [2.75, 3.05) is 24.6 Å². The summed E-state index contributed by atoms with van der Waals surface area (Å²) in [5.74, 6) is 0.199. The molecule has 1 aromatic heterocycles. The van der Waals surface area contributed by atoms with Gasteiger partial charge in [-0.2, -0.15) is 0 Å². The van der Waals surface area contributed by atoms with Crippen molar-refractivity contribution < 1.29 is 14.6 Å². The normalized spacial score (nSPS) is 25.3. The van der Waals surface area contributed by atoms with E-state index in [1.54, 1.807) is 11.3 Å². The van der Waals surface area contributed by atoms with Gasteiger partial charge in [-0.15, -0.1) is 10.2 Å². The second-order valence-corrected chi connectivity index (χ2v) is 7.79. The van der Waals surface area contributed by atoms with Crippen molar-refractivity contribution in [1.29, 1.82) is 0 Å². The van der Waals surface area contributed by atoms with Gasteiger partial charge in [-0.25, -0.2) is 0 Å². The van der Waals surface area contributed by atoms with E-state index in [1.165, 1.54) is 0 Å². The molecular weight excluding hydrogens is 326 g/mol. The number of ether oxygens (including phenoxy) is 1. The Morgan fingerprint density at radius 3 is 2.92 bits per heavy atom. The largest absolute Gasteiger partial charge is 0.492 e. The average molecular weight is 345 g/mol. The maximum absolute atomic E-state index is 12.1. The summed E-state index contributed by atoms with van der Waals surface area (Å²) in [5.41, 5.74) is 0.0418. The Hall–Kier alpha value is -2.15. The second-order valence-electron chi connectivity index (χ2n) is 6.80. The van der Waals surface area contributed by atoms with Gasteiger partial charge in [-0.05, 0) is 6.07 Å². The number of benzene rings is 1. The molecule has 1 saturated heterocycles. The topological polar surface area (TPSA) is 75.5 Å². The van der Waals surface area contributed by atoms with E-state index in [0.717, 1.165) is 21.5 Å². The van der Waals surface area contributed by atoms with E-state index in [4.69, 9.17) is 4.74 Å². The van der Waals surface area contributed by atoms with Crippen LogP contribution in [0.25, 0.3) is 0 Å². The highest BCUT2D eigenvalue weighted by atomic mass is 32.1. The van der Waals surface area contributed by atoms with Gasteiger partial charge in [0.2, 0.25) is 5.13 Å². The second kappa shape index (κ2) is 5.44. The number of carboxylic acids is 1. The summed E-state index contributed by atoms with van der Waals surface area (Å²) in [6.45, 7) is 5.37. The molecule has 0 aliphatic carbocycles. The Morgan fingerprint density at radius 2 is 2.21 bits per heavy atom. The molecule has 0 unspecified atom stereocenters. The molecule has 126 valence electrons. The minimum Gasteiger partial charge on any atom is -0.492 e. The summed E-state index contributed by atoms with van der Waals surface area (Å²) < 4.78 is 5.79. The monoisotopic (exact) mass is 345 g/mol. The zero-order chi connectivity index (χ0) is 16.9. The van der Waals surface area contributed by atoms with Gasteiger partial charge in [0.15, 0.2) is 0 Å². The molecular formula is C17H19N3O3S. The van der Waals surface area contributed by atoms with Crippen molar-refractivity contribution in [1.82, 2.24) is 10.2 Å². The fourth-order valence-corrected chi connectivity index (χ4v) is 4.42. The number of aliphatic carboxylic acids is 1. The number of para-hydroxylation sites is 1. The minimum absolute atomic E-state index is 0.105. The summed E-state index contributed by atoms with van der Waals surface area (Å²) in [6, 6.07) is 7.73. The predicted octanol–water partition coefficient (Wildman–Crippen LogP) is 2.73. The van der Waals surface area contributed by atoms with Crippen LogP contribution in [0.3, 0.4) is 0 Å². The molecule has 2 aliphatic heterocycles. The van der Waals surface area contributed by atoms with Gasteiger partial charge >= 0.3 is 5.97 Å². The highest BCUT2D eigenvalue weighted by Crippen LogP contribution is 2.50. The van der Waals surface area contributed by atoms with Gasteiger partial charge in [0.25, 0.3) is 0 Å². The van der Waals surface area contributed by atoms with Crippen LogP contribution in [0.5, 0.6) is 5.75 Å². The summed E-state index contributed by atoms with van der Waals surface area (Å²) >= 11 is 1.55. The van der Waals surface area contributed by atoms with Crippen LogP contribution in [0, 0.1) is 5.41 Å². The van der Waals surface area contributed by atoms with Crippen LogP contribution in [-0.2, 0) is 4.79 Å². The number of anilines is 1. The number of hydrogen-bond donors (Lipinski definition) is 1. The third kappa shape index (κ3) is 2.18. The molecule has 0 bridgehead atoms. The SMILES string of the molecule is CC(C)c1nnc(N2C[C@@H]3c4ccccc4OC[C@]3(C(=O)O)C2)s1. The third-order valence-electron chi connectivity index (χ3n) is 4.94. The molecule has 2 atom stereocenters. The molecule has 3 heterocycles. The molecule has 0 spiro atoms. The Kier molecular flexibility index (Phi) is 3.49. The van der Waals surface area contributed by atoms with Gasteiger partial charge in [-0.1, -0.05) is 43.4 Å². The maximum Gasteiger partial charge on any atom is 0.315 e. The summed E-state index contributed by atoms with van der Waals surface area (Å²) in [6.07, 6.45) is 0. The molecule has 0 saturated carbocycles. The van der Waals surface area contributed by atoms with Crippen molar-refractivity contribution in [2.24, 2.45) is 5.41 Å². The number of carbonyl (C=O) groups is 1. The zero-order valence-electron chi connectivity index (χ0n) is 13.6. The summed E-state index contributed by atoms with van der Waals surface area (Å²) in [7, 11) is 0. The number of rotatable bonds is 3. The van der Waals surface area contributed by atoms with Gasteiger partial charge < -0.3 is 14.7 Å². The van der Waals surface area contributed by atoms with Gasteiger partial charge in [0.1, 0.15) is 22.8 Å². The Labute approximate surface area is 144 Å². The van der Waals surface area contributed by atoms with E-state index in [1.807, 2.05) is 29.2 Å². The highest BCUT2D eigenvalue weighted by molar-refractivity contribution is 7.15. The number of nitrogens with zero attached hydrogens (tertiary/aromatic N) is 3. The smallest absolute Gasteiger partial charge is 0.315 e. The van der Waals surface area contributed by atoms with Crippen LogP contribution >= 0.6 is 11.3 Å². The van der Waals surface area contributed by atoms with Crippen LogP contribution in [-0.4, -0.2) is 41.0 Å². The van der Waals surface area contributed by atoms with Crippen molar-refractivity contribution in [3.8, 4) is 5.75 Å². The third-order valence-corrected chi connectivity index (χ3v) is 6.23. The predicted molar refractivity (Wildman–Crippen MR) is 91.0 cm³/mol. The highest BCUT2D eigenvalue weighted by Gasteiger charge is 2.57. The first-order valence-corrected chi connectivity index (χ1v) is 8.86. The van der Waals surface area contributed by atoms with Crippen molar-refractivity contribution in [2.45, 2.75) is 25.7 Å². The molecule has 1 aromatic carbocycles. The molecule has 2 aromatic rings. The summed E-state index contributed by atoms with van der Waals surface area (Å²) in [4.78, 5) is 14.2. The Balaban J connectivity index is 1.72. The molecule has 1 fully saturated rings. The van der Waals surface area contributed by atoms with Crippen LogP contribution in [0.15, 0.2) is 24.3 Å². The van der Waals surface area contributed by atoms with E-state index in [0.29, 0.717) is 19.0 Å². The fourth-order valence-electron chi connectivity index (χ4n) is 3.57. The van der Waals surface area contributed by atoms with E-state index in [9.17, 15) is 9.90 Å². The first-order valence-electron chi connectivity index (χ1n) is 8.05. The van der Waals surface area contributed by atoms with Gasteiger partial charge in [0, 0.05) is 30.5 Å². The first-order chi connectivity index (χ1) is 11.5. The Bertz CT molecular complexity index is 791. The van der Waals surface area contributed by atoms with Crippen molar-refractivity contribution >= 4 is 22.4 Å². The average Bonchev–Trinajstić information content (AvgIpc) is 3.20. The van der Waals surface area contributed by atoms with Crippen LogP contribution < -0.4 is 9.64 Å². The number of aromatic nitrogens is 2. The lowest BCUT2D eigenvalue weighted by molar-refractivity contribution is -0.151. The standard InChI is InChI=1S/C17H19N3O3S/c1-10(2)14-18-19-16(24-14)20-7-12-11-5-3-4-6-13(11)23-9-17(12,8-20)15(21)22/h3-6,10,12H,7-9H2,1-2H3,(H,21,22)/t12-,17-/m1/s1. The number of carboxylic acid groups (broad SMARTS) is 1. The van der Waals surface area contributed by atoms with E-state index >= 15 is 0 Å². The molecule has 6 nitrogen and oxygen atoms in total. The van der Waals surface area contributed by atoms with E-state index in [-0.39, 0.29) is 12.5 Å². The molecule has 0 radical (unpaired) electrons. The van der Waals surface area contributed by atoms with Gasteiger partial charge in [-0.3, -0.25) is 4.79 Å². The van der Waals surface area contributed by atoms with E-state index < -0.39 is 11.4 Å². The van der Waals surface area contributed by atoms with Crippen LogP contribution in [0.2, 0.25) is 0 Å². The first kappa shape index (κ1) is 15.4. The molecule has 24 heavy (non-hydrogen) atoms. The zero-order valence-corrected chi connectivity index (χ0v) is 14.4. The van der Waals surface area contributed by atoms with Gasteiger partial charge in [0.05, 0.1) is 0 Å². The molecule has 7 heteroatoms. The fraction of sp³-hybridized carbons (Fsp3) is 0.471. The summed E-state index contributed by atoms with van der Waals surface area (Å²) in [5, 5.41) is 20.2. The van der Waals surface area contributed by atoms with Crippen LogP contribution in [0.4, 0.5) is 5.13 Å². The molecule has 0 amide bonds. The number of hydrogen-bond acceptors (Lipinski definition) is 6. The Morgan fingerprint density at radius 1 is 1.42 bits per heavy atom. The van der Waals surface area contributed by atoms with E-state index in [2.05, 4.69) is 24.0 Å². The van der Waals surface area contributed by atoms with Crippen molar-refractivity contribution in [3.63, 3.8) is 0 Å². The maximum atomic E-state index is 12.1. The molecule has 4 rings (SSSR count). The minimum atomic E-state index is -0.933. The molecule has 1 N–H and O–H groups in total. The lowest BCUT2D eigenvalue weighted by atomic mass is 9.73. The molecule has 2 aliphatic rings. The lowest BCUT2D eigenvalue weighted by Gasteiger charge is -2.35. The lowest BCUT2D eigenvalue weighted by Crippen LogP contribution is -2.45. The number of fused-ring (bicyclic) bond motifs is 3.